The molecule has 1 aromatic heterocycles. The van der Waals surface area contributed by atoms with E-state index < -0.39 is 5.97 Å². The number of fused-ring (bicyclic) bond motifs is 1. The predicted molar refractivity (Wildman–Crippen MR) is 139 cm³/mol. The molecular weight excluding hydrogens is 478 g/mol. The van der Waals surface area contributed by atoms with Gasteiger partial charge >= 0.3 is 5.97 Å². The lowest BCUT2D eigenvalue weighted by molar-refractivity contribution is -0.117. The fraction of sp³-hybridized carbons (Fsp3) is 0.333. The molecule has 1 N–H and O–H groups in total. The number of hydrogen-bond acceptors (Lipinski definition) is 8. The topological polar surface area (TPSA) is 80.3 Å². The van der Waals surface area contributed by atoms with Crippen LogP contribution in [0.25, 0.3) is 11.1 Å². The number of hydrogen-bond donors (Lipinski definition) is 1. The summed E-state index contributed by atoms with van der Waals surface area (Å²) >= 11 is 1.34. The number of piperazine rings is 1. The van der Waals surface area contributed by atoms with Gasteiger partial charge in [-0.25, -0.2) is 4.79 Å². The first-order valence-corrected chi connectivity index (χ1v) is 12.8. The molecule has 188 valence electrons. The van der Waals surface area contributed by atoms with E-state index in [9.17, 15) is 9.59 Å². The summed E-state index contributed by atoms with van der Waals surface area (Å²) < 4.78 is 15.9. The minimum absolute atomic E-state index is 0.137. The Morgan fingerprint density at radius 3 is 2.47 bits per heavy atom. The van der Waals surface area contributed by atoms with Crippen molar-refractivity contribution >= 4 is 28.2 Å². The first kappa shape index (κ1) is 24.3. The van der Waals surface area contributed by atoms with Crippen LogP contribution in [0.1, 0.15) is 21.5 Å². The van der Waals surface area contributed by atoms with Crippen molar-refractivity contribution in [2.24, 2.45) is 0 Å². The fourth-order valence-electron chi connectivity index (χ4n) is 4.47. The number of carbonyl (C=O) groups is 2. The number of benzene rings is 2. The molecule has 36 heavy (non-hydrogen) atoms. The molecule has 0 unspecified atom stereocenters. The Hall–Kier alpha value is -3.40. The average Bonchev–Trinajstić information content (AvgIpc) is 3.52. The Labute approximate surface area is 214 Å². The van der Waals surface area contributed by atoms with Gasteiger partial charge in [0.1, 0.15) is 10.6 Å². The number of thiophene rings is 1. The lowest BCUT2D eigenvalue weighted by atomic mass is 10.0. The zero-order valence-electron chi connectivity index (χ0n) is 20.4. The summed E-state index contributed by atoms with van der Waals surface area (Å²) in [6.07, 6.45) is 0. The molecule has 2 aromatic carbocycles. The van der Waals surface area contributed by atoms with E-state index in [1.54, 1.807) is 0 Å². The number of ether oxygens (including phenoxy) is 3. The summed E-state index contributed by atoms with van der Waals surface area (Å²) in [7, 11) is 1.35. The number of anilines is 1. The van der Waals surface area contributed by atoms with E-state index in [0.717, 1.165) is 60.9 Å². The smallest absolute Gasteiger partial charge is 0.341 e. The maximum absolute atomic E-state index is 12.9. The molecule has 8 nitrogen and oxygen atoms in total. The zero-order valence-corrected chi connectivity index (χ0v) is 21.2. The largest absolute Gasteiger partial charge is 0.465 e. The van der Waals surface area contributed by atoms with Crippen LogP contribution in [0.2, 0.25) is 0 Å². The quantitative estimate of drug-likeness (QED) is 0.484. The van der Waals surface area contributed by atoms with Crippen LogP contribution in [0.15, 0.2) is 47.8 Å². The van der Waals surface area contributed by atoms with E-state index in [-0.39, 0.29) is 19.2 Å². The van der Waals surface area contributed by atoms with Gasteiger partial charge in [0.05, 0.1) is 13.7 Å². The van der Waals surface area contributed by atoms with Crippen molar-refractivity contribution in [2.45, 2.75) is 13.5 Å². The Kier molecular flexibility index (Phi) is 7.22. The van der Waals surface area contributed by atoms with E-state index in [4.69, 9.17) is 14.2 Å². The summed E-state index contributed by atoms with van der Waals surface area (Å²) in [6, 6.07) is 14.0. The van der Waals surface area contributed by atoms with Crippen LogP contribution in [0.4, 0.5) is 5.00 Å². The van der Waals surface area contributed by atoms with Gasteiger partial charge in [0.15, 0.2) is 11.5 Å². The van der Waals surface area contributed by atoms with Crippen LogP contribution in [0, 0.1) is 6.92 Å². The molecule has 5 rings (SSSR count). The number of methoxy groups -OCH3 is 1. The molecule has 1 amide bonds. The van der Waals surface area contributed by atoms with Crippen LogP contribution in [0.5, 0.6) is 11.5 Å². The summed E-state index contributed by atoms with van der Waals surface area (Å²) in [5.74, 6) is 0.996. The fourth-order valence-corrected chi connectivity index (χ4v) is 5.45. The van der Waals surface area contributed by atoms with Gasteiger partial charge in [0.2, 0.25) is 12.7 Å². The van der Waals surface area contributed by atoms with E-state index in [0.29, 0.717) is 10.6 Å². The van der Waals surface area contributed by atoms with Crippen molar-refractivity contribution in [3.8, 4) is 22.6 Å². The van der Waals surface area contributed by atoms with Crippen molar-refractivity contribution in [2.75, 3.05) is 51.9 Å². The number of nitrogens with one attached hydrogen (secondary N) is 1. The maximum atomic E-state index is 12.9. The highest BCUT2D eigenvalue weighted by molar-refractivity contribution is 7.15. The number of carbonyl (C=O) groups excluding carboxylic acids is 2. The molecular formula is C27H29N3O5S. The first-order valence-electron chi connectivity index (χ1n) is 11.9. The zero-order chi connectivity index (χ0) is 25.1. The molecule has 0 aliphatic carbocycles. The van der Waals surface area contributed by atoms with Crippen LogP contribution >= 0.6 is 11.3 Å². The maximum Gasteiger partial charge on any atom is 0.341 e. The van der Waals surface area contributed by atoms with Gasteiger partial charge in [-0.1, -0.05) is 35.9 Å². The SMILES string of the molecule is COC(=O)c1c(-c2ccc(C)cc2)csc1NC(=O)CN1CCN(Cc2ccc3c(c2)OCO3)CC1. The molecule has 2 aliphatic rings. The van der Waals surface area contributed by atoms with Crippen LogP contribution in [-0.2, 0) is 16.1 Å². The standard InChI is InChI=1S/C27H29N3O5S/c1-18-3-6-20(7-4-18)21-16-36-26(25(21)27(32)33-2)28-24(31)15-30-11-9-29(10-12-30)14-19-5-8-22-23(13-19)35-17-34-22/h3-8,13,16H,9-12,14-15,17H2,1-2H3,(H,28,31). The summed E-state index contributed by atoms with van der Waals surface area (Å²) in [5, 5.41) is 5.36. The van der Waals surface area contributed by atoms with Crippen LogP contribution < -0.4 is 14.8 Å². The van der Waals surface area contributed by atoms with E-state index in [1.165, 1.54) is 24.0 Å². The molecule has 3 heterocycles. The second-order valence-corrected chi connectivity index (χ2v) is 9.88. The molecule has 0 bridgehead atoms. The van der Waals surface area contributed by atoms with E-state index >= 15 is 0 Å². The van der Waals surface area contributed by atoms with Gasteiger partial charge in [-0.2, -0.15) is 0 Å². The monoisotopic (exact) mass is 507 g/mol. The third kappa shape index (κ3) is 5.38. The molecule has 3 aromatic rings. The third-order valence-corrected chi connectivity index (χ3v) is 7.37. The first-order chi connectivity index (χ1) is 17.5. The summed E-state index contributed by atoms with van der Waals surface area (Å²) in [6.45, 7) is 6.71. The van der Waals surface area contributed by atoms with Gasteiger partial charge in [-0.05, 0) is 30.2 Å². The molecule has 1 fully saturated rings. The molecule has 0 spiro atoms. The van der Waals surface area contributed by atoms with Crippen molar-refractivity contribution < 1.29 is 23.8 Å². The van der Waals surface area contributed by atoms with Gasteiger partial charge in [0.25, 0.3) is 0 Å². The van der Waals surface area contributed by atoms with Crippen molar-refractivity contribution in [1.29, 1.82) is 0 Å². The van der Waals surface area contributed by atoms with E-state index in [1.807, 2.05) is 48.7 Å². The molecule has 0 atom stereocenters. The number of esters is 1. The highest BCUT2D eigenvalue weighted by Gasteiger charge is 2.24. The number of amides is 1. The minimum Gasteiger partial charge on any atom is -0.465 e. The van der Waals surface area contributed by atoms with Crippen LogP contribution in [0.3, 0.4) is 0 Å². The second kappa shape index (κ2) is 10.7. The molecule has 9 heteroatoms. The normalized spacial score (nSPS) is 15.6. The predicted octanol–water partition coefficient (Wildman–Crippen LogP) is 4.00. The lowest BCUT2D eigenvalue weighted by Crippen LogP contribution is -2.48. The summed E-state index contributed by atoms with van der Waals surface area (Å²) in [4.78, 5) is 30.0. The Morgan fingerprint density at radius 1 is 1.00 bits per heavy atom. The van der Waals surface area contributed by atoms with Crippen LogP contribution in [-0.4, -0.2) is 68.3 Å². The van der Waals surface area contributed by atoms with Crippen molar-refractivity contribution in [3.05, 3.63) is 64.5 Å². The Bertz CT molecular complexity index is 1250. The number of nitrogens with zero attached hydrogens (tertiary/aromatic N) is 2. The molecule has 0 saturated carbocycles. The molecule has 2 aliphatic heterocycles. The van der Waals surface area contributed by atoms with Gasteiger partial charge in [-0.15, -0.1) is 11.3 Å². The Morgan fingerprint density at radius 2 is 1.72 bits per heavy atom. The van der Waals surface area contributed by atoms with Gasteiger partial charge < -0.3 is 19.5 Å². The third-order valence-electron chi connectivity index (χ3n) is 6.47. The Balaban J connectivity index is 1.17. The number of aryl methyl sites for hydroxylation is 1. The summed E-state index contributed by atoms with van der Waals surface area (Å²) in [5.41, 5.74) is 4.39. The molecule has 0 radical (unpaired) electrons. The second-order valence-electron chi connectivity index (χ2n) is 9.00. The molecule has 1 saturated heterocycles. The average molecular weight is 508 g/mol. The minimum atomic E-state index is -0.459. The van der Waals surface area contributed by atoms with Gasteiger partial charge in [-0.3, -0.25) is 14.6 Å². The van der Waals surface area contributed by atoms with Crippen molar-refractivity contribution in [1.82, 2.24) is 9.80 Å². The van der Waals surface area contributed by atoms with E-state index in [2.05, 4.69) is 21.2 Å². The van der Waals surface area contributed by atoms with Crippen molar-refractivity contribution in [3.63, 3.8) is 0 Å². The number of rotatable bonds is 7. The van der Waals surface area contributed by atoms with Gasteiger partial charge in [0, 0.05) is 43.7 Å². The lowest BCUT2D eigenvalue weighted by Gasteiger charge is -2.34. The highest BCUT2D eigenvalue weighted by Crippen LogP contribution is 2.36. The highest BCUT2D eigenvalue weighted by atomic mass is 32.1.